The van der Waals surface area contributed by atoms with Crippen molar-refractivity contribution in [3.8, 4) is 11.8 Å². The van der Waals surface area contributed by atoms with Crippen LogP contribution in [0.5, 0.6) is 11.8 Å². The van der Waals surface area contributed by atoms with Crippen molar-refractivity contribution in [2.45, 2.75) is 126 Å². The van der Waals surface area contributed by atoms with E-state index in [-0.39, 0.29) is 37.1 Å². The Morgan fingerprint density at radius 1 is 1.12 bits per heavy atom. The number of halogens is 3. The number of rotatable bonds is 9. The number of fused-ring (bicyclic) bond motifs is 3. The molecule has 0 bridgehead atoms. The van der Waals surface area contributed by atoms with E-state index in [1.165, 1.54) is 18.9 Å². The van der Waals surface area contributed by atoms with Gasteiger partial charge in [-0.2, -0.15) is 18.2 Å². The first-order valence-corrected chi connectivity index (χ1v) is 21.1. The molecule has 4 aliphatic rings. The second-order valence-electron chi connectivity index (χ2n) is 16.9. The number of nitrogens with one attached hydrogen (secondary N) is 3. The second-order valence-corrected chi connectivity index (χ2v) is 19.1. The van der Waals surface area contributed by atoms with Crippen molar-refractivity contribution in [3.05, 3.63) is 42.5 Å². The van der Waals surface area contributed by atoms with Crippen molar-refractivity contribution < 1.29 is 55.0 Å². The third-order valence-corrected chi connectivity index (χ3v) is 14.2. The summed E-state index contributed by atoms with van der Waals surface area (Å²) in [5.74, 6) is -3.20. The van der Waals surface area contributed by atoms with Gasteiger partial charge in [0.05, 0.1) is 18.4 Å². The standard InChI is InChI=1S/C40H52F3N5O9S/c1-7-24-18-23(2)12-8-10-14-26-21-39(26,35(51)47-58(53,54)38(5)16-17-38)46-32(49)29-20-27(56-33-28-15-11-9-13-25(28)19-30(44-33)55-6)22-48(29)34(50)31(24)45-36(52)57-37(3,4)40(41,42)43/h9-11,13-15,19,23-24,26-27,29,31H,7-8,12,16-18,20-22H2,1-6H3,(H,45,52)(H,46,49)(H,47,51). The highest BCUT2D eigenvalue weighted by molar-refractivity contribution is 7.91. The van der Waals surface area contributed by atoms with E-state index in [0.717, 1.165) is 5.39 Å². The van der Waals surface area contributed by atoms with Gasteiger partial charge < -0.3 is 29.7 Å². The minimum atomic E-state index is -4.91. The smallest absolute Gasteiger partial charge is 0.427 e. The molecule has 3 N–H and O–H groups in total. The lowest BCUT2D eigenvalue weighted by molar-refractivity contribution is -0.244. The number of benzene rings is 1. The maximum Gasteiger partial charge on any atom is 0.427 e. The van der Waals surface area contributed by atoms with Crippen LogP contribution < -0.4 is 24.8 Å². The molecule has 6 rings (SSSR count). The van der Waals surface area contributed by atoms with Crippen molar-refractivity contribution >= 4 is 44.6 Å². The monoisotopic (exact) mass is 835 g/mol. The van der Waals surface area contributed by atoms with Gasteiger partial charge in [0.2, 0.25) is 39.2 Å². The summed E-state index contributed by atoms with van der Waals surface area (Å²) in [5.41, 5.74) is -4.53. The number of sulfonamides is 1. The number of hydrogen-bond donors (Lipinski definition) is 3. The van der Waals surface area contributed by atoms with E-state index in [1.54, 1.807) is 31.2 Å². The highest BCUT2D eigenvalue weighted by Gasteiger charge is 2.63. The number of alkyl halides is 3. The van der Waals surface area contributed by atoms with E-state index in [0.29, 0.717) is 57.8 Å². The highest BCUT2D eigenvalue weighted by atomic mass is 32.2. The van der Waals surface area contributed by atoms with Gasteiger partial charge >= 0.3 is 12.3 Å². The zero-order chi connectivity index (χ0) is 42.4. The number of pyridine rings is 1. The molecule has 318 valence electrons. The second kappa shape index (κ2) is 15.9. The van der Waals surface area contributed by atoms with E-state index < -0.39 is 85.9 Å². The van der Waals surface area contributed by atoms with Gasteiger partial charge in [0.1, 0.15) is 23.7 Å². The molecule has 18 heteroatoms. The van der Waals surface area contributed by atoms with Gasteiger partial charge in [-0.25, -0.2) is 13.2 Å². The molecule has 7 atom stereocenters. The molecule has 0 radical (unpaired) electrons. The van der Waals surface area contributed by atoms with E-state index in [1.807, 2.05) is 25.1 Å². The number of methoxy groups -OCH3 is 1. The summed E-state index contributed by atoms with van der Waals surface area (Å²) < 4.78 is 85.5. The van der Waals surface area contributed by atoms with Crippen molar-refractivity contribution in [3.63, 3.8) is 0 Å². The van der Waals surface area contributed by atoms with Crippen molar-refractivity contribution in [1.29, 1.82) is 0 Å². The first-order valence-electron chi connectivity index (χ1n) is 19.7. The summed E-state index contributed by atoms with van der Waals surface area (Å²) in [6.07, 6.45) is -0.967. The molecule has 2 aromatic rings. The molecular formula is C40H52F3N5O9S. The zero-order valence-electron chi connectivity index (χ0n) is 33.5. The minimum Gasteiger partial charge on any atom is -0.481 e. The van der Waals surface area contributed by atoms with Crippen molar-refractivity contribution in [2.24, 2.45) is 17.8 Å². The molecule has 3 heterocycles. The highest BCUT2D eigenvalue weighted by Crippen LogP contribution is 2.48. The van der Waals surface area contributed by atoms with Gasteiger partial charge in [0.15, 0.2) is 0 Å². The van der Waals surface area contributed by atoms with Crippen LogP contribution in [-0.4, -0.2) is 96.0 Å². The van der Waals surface area contributed by atoms with E-state index >= 15 is 0 Å². The lowest BCUT2D eigenvalue weighted by atomic mass is 9.85. The molecule has 14 nitrogen and oxygen atoms in total. The number of hydrogen-bond acceptors (Lipinski definition) is 10. The van der Waals surface area contributed by atoms with Crippen LogP contribution in [0.1, 0.15) is 86.0 Å². The Balaban J connectivity index is 1.38. The van der Waals surface area contributed by atoms with E-state index in [2.05, 4.69) is 20.3 Å². The maximum absolute atomic E-state index is 14.9. The summed E-state index contributed by atoms with van der Waals surface area (Å²) >= 11 is 0. The Hall–Kier alpha value is -4.61. The lowest BCUT2D eigenvalue weighted by Crippen LogP contribution is -2.60. The van der Waals surface area contributed by atoms with Crippen LogP contribution in [-0.2, 0) is 29.1 Å². The van der Waals surface area contributed by atoms with Crippen molar-refractivity contribution in [1.82, 2.24) is 25.2 Å². The van der Waals surface area contributed by atoms with E-state index in [9.17, 15) is 40.8 Å². The predicted molar refractivity (Wildman–Crippen MR) is 206 cm³/mol. The molecule has 1 aromatic heterocycles. The average Bonchev–Trinajstić information content (AvgIpc) is 4.03. The Kier molecular flexibility index (Phi) is 11.8. The van der Waals surface area contributed by atoms with Crippen LogP contribution in [0.4, 0.5) is 18.0 Å². The third-order valence-electron chi connectivity index (χ3n) is 12.1. The normalized spacial score (nSPS) is 28.9. The summed E-state index contributed by atoms with van der Waals surface area (Å²) in [6, 6.07) is 6.19. The fourth-order valence-electron chi connectivity index (χ4n) is 7.76. The maximum atomic E-state index is 14.9. The van der Waals surface area contributed by atoms with Crippen LogP contribution in [0.25, 0.3) is 10.8 Å². The summed E-state index contributed by atoms with van der Waals surface area (Å²) in [4.78, 5) is 62.3. The molecule has 2 aliphatic carbocycles. The quantitative estimate of drug-likeness (QED) is 0.281. The van der Waals surface area contributed by atoms with Crippen LogP contribution >= 0.6 is 0 Å². The number of ether oxygens (including phenoxy) is 3. The fourth-order valence-corrected chi connectivity index (χ4v) is 9.07. The molecule has 4 amide bonds. The predicted octanol–water partition coefficient (Wildman–Crippen LogP) is 5.30. The SMILES string of the molecule is CCC1CC(C)CCC=CC2CC2(C(=O)NS(=O)(=O)C2(C)CC2)NC(=O)C2CC(Oc3nc(OC)cc4ccccc34)CN2C(=O)C1NC(=O)OC(C)(C)C(F)(F)F. The molecular weight excluding hydrogens is 784 g/mol. The van der Waals surface area contributed by atoms with Gasteiger partial charge in [0, 0.05) is 23.8 Å². The Morgan fingerprint density at radius 2 is 1.83 bits per heavy atom. The fraction of sp³-hybridized carbons (Fsp3) is 0.625. The summed E-state index contributed by atoms with van der Waals surface area (Å²) in [6.45, 7) is 6.47. The zero-order valence-corrected chi connectivity index (χ0v) is 34.3. The van der Waals surface area contributed by atoms with Gasteiger partial charge in [0.25, 0.3) is 5.91 Å². The molecule has 2 saturated carbocycles. The van der Waals surface area contributed by atoms with Crippen molar-refractivity contribution in [2.75, 3.05) is 13.7 Å². The van der Waals surface area contributed by atoms with E-state index in [4.69, 9.17) is 14.2 Å². The van der Waals surface area contributed by atoms with Gasteiger partial charge in [-0.05, 0) is 82.6 Å². The molecule has 7 unspecified atom stereocenters. The van der Waals surface area contributed by atoms with Gasteiger partial charge in [-0.3, -0.25) is 19.1 Å². The van der Waals surface area contributed by atoms with Crippen LogP contribution in [0.2, 0.25) is 0 Å². The number of nitrogens with zero attached hydrogens (tertiary/aromatic N) is 2. The largest absolute Gasteiger partial charge is 0.481 e. The first-order chi connectivity index (χ1) is 27.1. The number of carbonyl (C=O) groups excluding carboxylic acids is 4. The Bertz CT molecular complexity index is 2070. The Labute approximate surface area is 336 Å². The van der Waals surface area contributed by atoms with Crippen LogP contribution in [0, 0.1) is 17.8 Å². The molecule has 1 aromatic carbocycles. The van der Waals surface area contributed by atoms with Crippen LogP contribution in [0.15, 0.2) is 42.5 Å². The van der Waals surface area contributed by atoms with Crippen LogP contribution in [0.3, 0.4) is 0 Å². The summed E-state index contributed by atoms with van der Waals surface area (Å²) in [7, 11) is -2.64. The average molecular weight is 836 g/mol. The number of allylic oxidation sites excluding steroid dienone is 1. The molecule has 1 saturated heterocycles. The minimum absolute atomic E-state index is 0.0335. The Morgan fingerprint density at radius 3 is 2.48 bits per heavy atom. The number of carbonyl (C=O) groups is 4. The number of alkyl carbamates (subject to hydrolysis) is 1. The topological polar surface area (TPSA) is 182 Å². The molecule has 3 fully saturated rings. The third kappa shape index (κ3) is 8.71. The molecule has 58 heavy (non-hydrogen) atoms. The molecule has 0 spiro atoms. The first kappa shape index (κ1) is 43.0. The number of amides is 4. The number of aromatic nitrogens is 1. The molecule has 2 aliphatic heterocycles. The lowest BCUT2D eigenvalue weighted by Gasteiger charge is -2.35. The summed E-state index contributed by atoms with van der Waals surface area (Å²) in [5, 5.41) is 6.60. The van der Waals surface area contributed by atoms with Gasteiger partial charge in [-0.15, -0.1) is 0 Å². The van der Waals surface area contributed by atoms with Gasteiger partial charge in [-0.1, -0.05) is 50.6 Å².